The topological polar surface area (TPSA) is 96.7 Å². The van der Waals surface area contributed by atoms with Crippen LogP contribution in [-0.4, -0.2) is 20.2 Å². The summed E-state index contributed by atoms with van der Waals surface area (Å²) >= 11 is 0. The van der Waals surface area contributed by atoms with E-state index in [-0.39, 0.29) is 36.2 Å². The second kappa shape index (κ2) is 7.38. The molecule has 0 amide bonds. The van der Waals surface area contributed by atoms with Gasteiger partial charge in [-0.3, -0.25) is 14.2 Å². The van der Waals surface area contributed by atoms with Crippen LogP contribution in [0.2, 0.25) is 0 Å². The molecule has 0 spiro atoms. The van der Waals surface area contributed by atoms with Crippen LogP contribution in [-0.2, 0) is 6.54 Å². The summed E-state index contributed by atoms with van der Waals surface area (Å²) in [6.07, 6.45) is 0.0610. The Labute approximate surface area is 155 Å². The number of aromatic nitrogens is 2. The van der Waals surface area contributed by atoms with Gasteiger partial charge in [0.25, 0.3) is 11.1 Å². The number of rotatable bonds is 5. The van der Waals surface area contributed by atoms with E-state index >= 15 is 0 Å². The van der Waals surface area contributed by atoms with E-state index in [9.17, 15) is 14.7 Å². The Kier molecular flexibility index (Phi) is 4.99. The molecule has 3 aromatic rings. The van der Waals surface area contributed by atoms with Gasteiger partial charge in [0.1, 0.15) is 17.0 Å². The molecule has 2 heterocycles. The summed E-state index contributed by atoms with van der Waals surface area (Å²) in [4.78, 5) is 25.3. The van der Waals surface area contributed by atoms with Crippen molar-refractivity contribution in [1.29, 1.82) is 5.26 Å². The van der Waals surface area contributed by atoms with Crippen LogP contribution in [0.3, 0.4) is 0 Å². The van der Waals surface area contributed by atoms with Crippen molar-refractivity contribution in [2.45, 2.75) is 32.9 Å². The fourth-order valence-electron chi connectivity index (χ4n) is 2.98. The number of ether oxygens (including phenoxy) is 1. The van der Waals surface area contributed by atoms with E-state index in [0.717, 1.165) is 4.40 Å². The summed E-state index contributed by atoms with van der Waals surface area (Å²) in [5, 5.41) is 19.7. The maximum Gasteiger partial charge on any atom is 0.272 e. The Balaban J connectivity index is 2.34. The third kappa shape index (κ3) is 3.42. The predicted octanol–water partition coefficient (Wildman–Crippen LogP) is 2.53. The molecule has 0 aliphatic carbocycles. The first kappa shape index (κ1) is 18.3. The fourth-order valence-corrected chi connectivity index (χ4v) is 2.98. The monoisotopic (exact) mass is 365 g/mol. The molecular weight excluding hydrogens is 346 g/mol. The number of pyridine rings is 1. The van der Waals surface area contributed by atoms with Crippen LogP contribution in [0, 0.1) is 11.3 Å². The van der Waals surface area contributed by atoms with Gasteiger partial charge in [-0.25, -0.2) is 4.40 Å². The van der Waals surface area contributed by atoms with Crippen molar-refractivity contribution in [3.05, 3.63) is 63.2 Å². The number of hydrogen-bond acceptors (Lipinski definition) is 5. The Bertz CT molecular complexity index is 1150. The molecule has 0 aliphatic heterocycles. The van der Waals surface area contributed by atoms with Crippen LogP contribution in [0.15, 0.2) is 52.1 Å². The molecule has 0 aliphatic rings. The summed E-state index contributed by atoms with van der Waals surface area (Å²) in [7, 11) is 0. The van der Waals surface area contributed by atoms with E-state index in [1.54, 1.807) is 30.3 Å². The van der Waals surface area contributed by atoms with Gasteiger partial charge in [0, 0.05) is 12.6 Å². The molecule has 1 aromatic carbocycles. The van der Waals surface area contributed by atoms with Gasteiger partial charge in [-0.05, 0) is 37.6 Å². The predicted molar refractivity (Wildman–Crippen MR) is 101 cm³/mol. The Morgan fingerprint density at radius 2 is 1.93 bits per heavy atom. The molecule has 3 rings (SSSR count). The van der Waals surface area contributed by atoms with E-state index in [1.807, 2.05) is 19.9 Å². The molecule has 0 fully saturated rings. The van der Waals surface area contributed by atoms with Gasteiger partial charge >= 0.3 is 0 Å². The van der Waals surface area contributed by atoms with Gasteiger partial charge in [0.2, 0.25) is 5.88 Å². The number of fused-ring (bicyclic) bond motifs is 1. The molecule has 0 saturated carbocycles. The highest BCUT2D eigenvalue weighted by atomic mass is 16.5. The molecule has 0 bridgehead atoms. The van der Waals surface area contributed by atoms with Crippen LogP contribution >= 0.6 is 0 Å². The van der Waals surface area contributed by atoms with Crippen molar-refractivity contribution < 1.29 is 9.84 Å². The minimum atomic E-state index is -0.622. The SMILES string of the molecule is CC(C)Oc1cccc(-c2c(O)n(CCC#N)c3cccc(=O)n3c2=O)c1. The van der Waals surface area contributed by atoms with E-state index < -0.39 is 11.1 Å². The molecule has 2 aromatic heterocycles. The standard InChI is InChI=1S/C20H19N3O4/c1-13(2)27-15-7-3-6-14(12-15)18-19(25)22(11-5-10-21)16-8-4-9-17(24)23(16)20(18)26/h3-4,6-9,12-13,25H,5,11H2,1-2H3. The number of benzene rings is 1. The van der Waals surface area contributed by atoms with E-state index in [0.29, 0.717) is 11.3 Å². The number of nitriles is 1. The van der Waals surface area contributed by atoms with Gasteiger partial charge in [0.05, 0.1) is 18.6 Å². The van der Waals surface area contributed by atoms with Crippen molar-refractivity contribution in [1.82, 2.24) is 8.97 Å². The third-order valence-electron chi connectivity index (χ3n) is 4.05. The van der Waals surface area contributed by atoms with Gasteiger partial charge in [-0.15, -0.1) is 0 Å². The normalized spacial score (nSPS) is 10.9. The van der Waals surface area contributed by atoms with E-state index in [4.69, 9.17) is 10.00 Å². The van der Waals surface area contributed by atoms with Crippen LogP contribution in [0.5, 0.6) is 11.6 Å². The fraction of sp³-hybridized carbons (Fsp3) is 0.250. The zero-order chi connectivity index (χ0) is 19.6. The Hall–Kier alpha value is -3.53. The number of hydrogen-bond donors (Lipinski definition) is 1. The van der Waals surface area contributed by atoms with Gasteiger partial charge in [-0.2, -0.15) is 5.26 Å². The minimum absolute atomic E-state index is 0.0112. The second-order valence-corrected chi connectivity index (χ2v) is 6.32. The summed E-state index contributed by atoms with van der Waals surface area (Å²) in [5.41, 5.74) is -0.470. The zero-order valence-corrected chi connectivity index (χ0v) is 15.0. The van der Waals surface area contributed by atoms with Crippen molar-refractivity contribution in [3.8, 4) is 28.8 Å². The molecule has 0 unspecified atom stereocenters. The average molecular weight is 365 g/mol. The minimum Gasteiger partial charge on any atom is -0.494 e. The molecule has 7 heteroatoms. The van der Waals surface area contributed by atoms with Gasteiger partial charge < -0.3 is 9.84 Å². The van der Waals surface area contributed by atoms with Crippen molar-refractivity contribution in [3.63, 3.8) is 0 Å². The summed E-state index contributed by atoms with van der Waals surface area (Å²) in [6.45, 7) is 3.91. The largest absolute Gasteiger partial charge is 0.494 e. The van der Waals surface area contributed by atoms with Crippen molar-refractivity contribution in [2.24, 2.45) is 0 Å². The quantitative estimate of drug-likeness (QED) is 0.749. The molecule has 27 heavy (non-hydrogen) atoms. The first-order valence-electron chi connectivity index (χ1n) is 8.55. The Morgan fingerprint density at radius 3 is 2.63 bits per heavy atom. The van der Waals surface area contributed by atoms with Gasteiger partial charge in [0.15, 0.2) is 0 Å². The smallest absolute Gasteiger partial charge is 0.272 e. The lowest BCUT2D eigenvalue weighted by molar-refractivity contribution is 0.242. The van der Waals surface area contributed by atoms with Crippen molar-refractivity contribution in [2.75, 3.05) is 0 Å². The molecule has 0 saturated heterocycles. The first-order valence-corrected chi connectivity index (χ1v) is 8.55. The second-order valence-electron chi connectivity index (χ2n) is 6.32. The highest BCUT2D eigenvalue weighted by Crippen LogP contribution is 2.29. The maximum absolute atomic E-state index is 13.0. The summed E-state index contributed by atoms with van der Waals surface area (Å²) < 4.78 is 8.06. The van der Waals surface area contributed by atoms with E-state index in [1.165, 1.54) is 16.7 Å². The molecular formula is C20H19N3O4. The zero-order valence-electron chi connectivity index (χ0n) is 15.0. The first-order chi connectivity index (χ1) is 12.9. The van der Waals surface area contributed by atoms with Crippen molar-refractivity contribution >= 4 is 5.65 Å². The molecule has 0 atom stereocenters. The van der Waals surface area contributed by atoms with Gasteiger partial charge in [-0.1, -0.05) is 18.2 Å². The third-order valence-corrected chi connectivity index (χ3v) is 4.05. The lowest BCUT2D eigenvalue weighted by atomic mass is 10.1. The number of nitrogens with zero attached hydrogens (tertiary/aromatic N) is 3. The summed E-state index contributed by atoms with van der Waals surface area (Å²) in [6, 6.07) is 13.1. The number of aryl methyl sites for hydroxylation is 1. The Morgan fingerprint density at radius 1 is 1.19 bits per heavy atom. The molecule has 138 valence electrons. The van der Waals surface area contributed by atoms with Crippen LogP contribution in [0.4, 0.5) is 0 Å². The van der Waals surface area contributed by atoms with Crippen LogP contribution < -0.4 is 15.9 Å². The van der Waals surface area contributed by atoms with Crippen LogP contribution in [0.1, 0.15) is 20.3 Å². The molecule has 1 N–H and O–H groups in total. The number of aromatic hydroxyl groups is 1. The average Bonchev–Trinajstić information content (AvgIpc) is 2.61. The lowest BCUT2D eigenvalue weighted by Crippen LogP contribution is -2.30. The maximum atomic E-state index is 13.0. The highest BCUT2D eigenvalue weighted by molar-refractivity contribution is 5.70. The summed E-state index contributed by atoms with van der Waals surface area (Å²) in [5.74, 6) is 0.257. The molecule has 0 radical (unpaired) electrons. The lowest BCUT2D eigenvalue weighted by Gasteiger charge is -2.16. The van der Waals surface area contributed by atoms with Crippen LogP contribution in [0.25, 0.3) is 16.8 Å². The highest BCUT2D eigenvalue weighted by Gasteiger charge is 2.19. The molecule has 7 nitrogen and oxygen atoms in total. The van der Waals surface area contributed by atoms with E-state index in [2.05, 4.69) is 0 Å².